The summed E-state index contributed by atoms with van der Waals surface area (Å²) in [6.07, 6.45) is 12.4. The Labute approximate surface area is 109 Å². The van der Waals surface area contributed by atoms with Crippen molar-refractivity contribution in [2.75, 3.05) is 13.1 Å². The van der Waals surface area contributed by atoms with E-state index in [2.05, 4.69) is 20.1 Å². The molecule has 3 rings (SSSR count). The van der Waals surface area contributed by atoms with Crippen molar-refractivity contribution in [1.29, 1.82) is 0 Å². The first-order valence-corrected chi connectivity index (χ1v) is 7.52. The predicted molar refractivity (Wildman–Crippen MR) is 71.4 cm³/mol. The summed E-state index contributed by atoms with van der Waals surface area (Å²) >= 11 is 0. The Balaban J connectivity index is 1.56. The molecule has 0 bridgehead atoms. The highest BCUT2D eigenvalue weighted by molar-refractivity contribution is 4.92. The van der Waals surface area contributed by atoms with Crippen LogP contribution in [0.5, 0.6) is 0 Å². The average molecular weight is 248 g/mol. The van der Waals surface area contributed by atoms with Gasteiger partial charge in [-0.1, -0.05) is 12.8 Å². The summed E-state index contributed by atoms with van der Waals surface area (Å²) < 4.78 is 2.35. The Kier molecular flexibility index (Phi) is 3.93. The zero-order valence-corrected chi connectivity index (χ0v) is 11.1. The molecule has 1 aliphatic heterocycles. The van der Waals surface area contributed by atoms with Crippen molar-refractivity contribution in [2.24, 2.45) is 5.92 Å². The van der Waals surface area contributed by atoms with Crippen molar-refractivity contribution in [3.63, 3.8) is 0 Å². The zero-order valence-electron chi connectivity index (χ0n) is 11.1. The minimum atomic E-state index is 0.680. The van der Waals surface area contributed by atoms with Crippen LogP contribution < -0.4 is 5.32 Å². The van der Waals surface area contributed by atoms with Crippen LogP contribution in [0.25, 0.3) is 0 Å². The summed E-state index contributed by atoms with van der Waals surface area (Å²) in [4.78, 5) is 0. The summed E-state index contributed by atoms with van der Waals surface area (Å²) in [6, 6.07) is 0.680. The van der Waals surface area contributed by atoms with Crippen LogP contribution in [0.15, 0.2) is 6.33 Å². The van der Waals surface area contributed by atoms with Gasteiger partial charge in [0.15, 0.2) is 0 Å². The SMILES string of the molecule is c1nnc(CCC2CCCNC2)n1C1CCCC1. The van der Waals surface area contributed by atoms with Gasteiger partial charge in [-0.3, -0.25) is 0 Å². The largest absolute Gasteiger partial charge is 0.316 e. The second-order valence-corrected chi connectivity index (χ2v) is 5.84. The molecule has 18 heavy (non-hydrogen) atoms. The lowest BCUT2D eigenvalue weighted by Crippen LogP contribution is -2.30. The first-order chi connectivity index (χ1) is 8.93. The smallest absolute Gasteiger partial charge is 0.133 e. The second-order valence-electron chi connectivity index (χ2n) is 5.84. The molecule has 0 amide bonds. The number of hydrogen-bond acceptors (Lipinski definition) is 3. The Morgan fingerprint density at radius 1 is 1.22 bits per heavy atom. The molecule has 100 valence electrons. The minimum Gasteiger partial charge on any atom is -0.316 e. The molecule has 2 aliphatic rings. The Bertz CT molecular complexity index is 362. The zero-order chi connectivity index (χ0) is 12.2. The summed E-state index contributed by atoms with van der Waals surface area (Å²) in [5, 5.41) is 12.0. The fourth-order valence-corrected chi connectivity index (χ4v) is 3.44. The molecule has 0 radical (unpaired) electrons. The lowest BCUT2D eigenvalue weighted by Gasteiger charge is -2.22. The minimum absolute atomic E-state index is 0.680. The van der Waals surface area contributed by atoms with Crippen molar-refractivity contribution in [1.82, 2.24) is 20.1 Å². The van der Waals surface area contributed by atoms with E-state index in [1.165, 1.54) is 63.9 Å². The number of aromatic nitrogens is 3. The number of aryl methyl sites for hydroxylation is 1. The van der Waals surface area contributed by atoms with Gasteiger partial charge in [0.1, 0.15) is 12.2 Å². The highest BCUT2D eigenvalue weighted by atomic mass is 15.3. The summed E-state index contributed by atoms with van der Waals surface area (Å²) in [6.45, 7) is 2.40. The normalized spacial score (nSPS) is 25.7. The monoisotopic (exact) mass is 248 g/mol. The number of hydrogen-bond donors (Lipinski definition) is 1. The maximum Gasteiger partial charge on any atom is 0.133 e. The van der Waals surface area contributed by atoms with Gasteiger partial charge in [0, 0.05) is 12.5 Å². The molecule has 1 aliphatic carbocycles. The van der Waals surface area contributed by atoms with Crippen molar-refractivity contribution in [3.05, 3.63) is 12.2 Å². The molecule has 4 nitrogen and oxygen atoms in total. The lowest BCUT2D eigenvalue weighted by molar-refractivity contribution is 0.352. The highest BCUT2D eigenvalue weighted by Crippen LogP contribution is 2.30. The Hall–Kier alpha value is -0.900. The van der Waals surface area contributed by atoms with E-state index in [-0.39, 0.29) is 0 Å². The molecule has 1 N–H and O–H groups in total. The van der Waals surface area contributed by atoms with Crippen LogP contribution in [0.1, 0.15) is 56.8 Å². The van der Waals surface area contributed by atoms with E-state index in [0.29, 0.717) is 6.04 Å². The third kappa shape index (κ3) is 2.74. The molecule has 4 heteroatoms. The van der Waals surface area contributed by atoms with Gasteiger partial charge in [-0.2, -0.15) is 0 Å². The number of nitrogens with one attached hydrogen (secondary N) is 1. The summed E-state index contributed by atoms with van der Waals surface area (Å²) in [5.74, 6) is 2.06. The van der Waals surface area contributed by atoms with E-state index >= 15 is 0 Å². The molecule has 1 saturated carbocycles. The number of rotatable bonds is 4. The van der Waals surface area contributed by atoms with Gasteiger partial charge in [-0.05, 0) is 51.1 Å². The topological polar surface area (TPSA) is 42.7 Å². The van der Waals surface area contributed by atoms with Crippen LogP contribution in [0, 0.1) is 5.92 Å². The first kappa shape index (κ1) is 12.2. The lowest BCUT2D eigenvalue weighted by atomic mass is 9.94. The molecule has 0 aromatic carbocycles. The molecule has 1 aromatic heterocycles. The fourth-order valence-electron chi connectivity index (χ4n) is 3.44. The average Bonchev–Trinajstić information content (AvgIpc) is 3.08. The Morgan fingerprint density at radius 3 is 2.89 bits per heavy atom. The van der Waals surface area contributed by atoms with Gasteiger partial charge in [0.25, 0.3) is 0 Å². The third-order valence-corrected chi connectivity index (χ3v) is 4.54. The van der Waals surface area contributed by atoms with Crippen molar-refractivity contribution in [2.45, 2.75) is 57.4 Å². The third-order valence-electron chi connectivity index (χ3n) is 4.54. The van der Waals surface area contributed by atoms with Crippen LogP contribution in [0.4, 0.5) is 0 Å². The molecule has 2 fully saturated rings. The van der Waals surface area contributed by atoms with Gasteiger partial charge in [-0.15, -0.1) is 10.2 Å². The van der Waals surface area contributed by atoms with Crippen LogP contribution in [0.3, 0.4) is 0 Å². The van der Waals surface area contributed by atoms with Crippen molar-refractivity contribution >= 4 is 0 Å². The molecule has 1 saturated heterocycles. The maximum atomic E-state index is 4.34. The van der Waals surface area contributed by atoms with Gasteiger partial charge >= 0.3 is 0 Å². The van der Waals surface area contributed by atoms with Crippen LogP contribution in [0.2, 0.25) is 0 Å². The molecule has 1 atom stereocenters. The van der Waals surface area contributed by atoms with E-state index in [1.54, 1.807) is 0 Å². The van der Waals surface area contributed by atoms with Gasteiger partial charge in [0.2, 0.25) is 0 Å². The standard InChI is InChI=1S/C14H24N4/c1-2-6-13(5-1)18-11-16-17-14(18)8-7-12-4-3-9-15-10-12/h11-13,15H,1-10H2. The second kappa shape index (κ2) is 5.83. The van der Waals surface area contributed by atoms with Gasteiger partial charge in [0.05, 0.1) is 0 Å². The van der Waals surface area contributed by atoms with Gasteiger partial charge in [-0.25, -0.2) is 0 Å². The van der Waals surface area contributed by atoms with E-state index in [1.807, 2.05) is 6.33 Å². The molecule has 1 unspecified atom stereocenters. The molecular formula is C14H24N4. The highest BCUT2D eigenvalue weighted by Gasteiger charge is 2.20. The predicted octanol–water partition coefficient (Wildman–Crippen LogP) is 2.33. The van der Waals surface area contributed by atoms with Gasteiger partial charge < -0.3 is 9.88 Å². The fraction of sp³-hybridized carbons (Fsp3) is 0.857. The quantitative estimate of drug-likeness (QED) is 0.889. The van der Waals surface area contributed by atoms with Crippen LogP contribution in [-0.4, -0.2) is 27.9 Å². The van der Waals surface area contributed by atoms with E-state index in [0.717, 1.165) is 12.3 Å². The van der Waals surface area contributed by atoms with Crippen LogP contribution in [-0.2, 0) is 6.42 Å². The van der Waals surface area contributed by atoms with Crippen molar-refractivity contribution in [3.8, 4) is 0 Å². The maximum absolute atomic E-state index is 4.34. The molecule has 2 heterocycles. The summed E-state index contributed by atoms with van der Waals surface area (Å²) in [5.41, 5.74) is 0. The first-order valence-electron chi connectivity index (χ1n) is 7.52. The molecule has 1 aromatic rings. The Morgan fingerprint density at radius 2 is 2.11 bits per heavy atom. The number of piperidine rings is 1. The van der Waals surface area contributed by atoms with Crippen LogP contribution >= 0.6 is 0 Å². The van der Waals surface area contributed by atoms with Crippen molar-refractivity contribution < 1.29 is 0 Å². The van der Waals surface area contributed by atoms with E-state index < -0.39 is 0 Å². The molecular weight excluding hydrogens is 224 g/mol. The molecule has 0 spiro atoms. The number of nitrogens with zero attached hydrogens (tertiary/aromatic N) is 3. The summed E-state index contributed by atoms with van der Waals surface area (Å²) in [7, 11) is 0. The van der Waals surface area contributed by atoms with E-state index in [9.17, 15) is 0 Å². The van der Waals surface area contributed by atoms with E-state index in [4.69, 9.17) is 0 Å².